The van der Waals surface area contributed by atoms with Crippen LogP contribution >= 0.6 is 12.2 Å². The summed E-state index contributed by atoms with van der Waals surface area (Å²) in [5, 5.41) is 20.8. The predicted molar refractivity (Wildman–Crippen MR) is 85.7 cm³/mol. The molecule has 8 heteroatoms. The summed E-state index contributed by atoms with van der Waals surface area (Å²) in [5.41, 5.74) is -0.242. The first kappa shape index (κ1) is 16.4. The zero-order chi connectivity index (χ0) is 17.1. The number of hydrogen-bond acceptors (Lipinski definition) is 5. The fraction of sp³-hybridized carbons (Fsp3) is 0.0667. The third kappa shape index (κ3) is 3.27. The molecule has 0 aliphatic carbocycles. The molecule has 0 saturated carbocycles. The van der Waals surface area contributed by atoms with Gasteiger partial charge in [0.05, 0.1) is 0 Å². The molecule has 0 unspecified atom stereocenters. The monoisotopic (exact) mass is 332 g/mol. The molecule has 0 aromatic heterocycles. The van der Waals surface area contributed by atoms with Gasteiger partial charge in [0.1, 0.15) is 16.9 Å². The summed E-state index contributed by atoms with van der Waals surface area (Å²) >= 11 is 4.92. The maximum Gasteiger partial charge on any atom is 0.339 e. The molecular weight excluding hydrogens is 320 g/mol. The normalized spacial score (nSPS) is 16.4. The molecule has 118 valence electrons. The molecule has 2 rings (SSSR count). The number of carboxylic acid groups (broad SMARTS) is 1. The Hall–Kier alpha value is -3.00. The lowest BCUT2D eigenvalue weighted by atomic mass is 10.0. The highest BCUT2D eigenvalue weighted by Crippen LogP contribution is 2.21. The Bertz CT molecular complexity index is 769. The molecular formula is C15H12N2O5S. The summed E-state index contributed by atoms with van der Waals surface area (Å²) in [6.07, 6.45) is 2.70. The third-order valence-electron chi connectivity index (χ3n) is 3.06. The van der Waals surface area contributed by atoms with Crippen molar-refractivity contribution in [3.05, 3.63) is 47.6 Å². The van der Waals surface area contributed by atoms with E-state index < -0.39 is 23.5 Å². The van der Waals surface area contributed by atoms with Crippen molar-refractivity contribution in [2.75, 3.05) is 6.54 Å². The zero-order valence-electron chi connectivity index (χ0n) is 11.8. The van der Waals surface area contributed by atoms with Crippen molar-refractivity contribution in [3.8, 4) is 5.75 Å². The van der Waals surface area contributed by atoms with Crippen LogP contribution in [0, 0.1) is 0 Å². The molecule has 1 fully saturated rings. The highest BCUT2D eigenvalue weighted by Gasteiger charge is 2.32. The first-order valence-corrected chi connectivity index (χ1v) is 6.82. The largest absolute Gasteiger partial charge is 0.507 e. The summed E-state index contributed by atoms with van der Waals surface area (Å²) in [6, 6.07) is 3.73. The van der Waals surface area contributed by atoms with Crippen LogP contribution in [0.5, 0.6) is 5.75 Å². The van der Waals surface area contributed by atoms with Crippen LogP contribution in [0.4, 0.5) is 0 Å². The average molecular weight is 332 g/mol. The number of benzene rings is 1. The number of carbonyl (C=O) groups is 3. The number of rotatable bonds is 4. The van der Waals surface area contributed by atoms with Gasteiger partial charge in [-0.05, 0) is 36.0 Å². The van der Waals surface area contributed by atoms with Crippen molar-refractivity contribution in [2.45, 2.75) is 0 Å². The standard InChI is InChI=1S/C15H12N2O5S/c1-2-5-17-13(20)10(12(19)16-15(17)23)7-8-3-4-11(18)9(6-8)14(21)22/h2-4,6-7,18H,1,5H2,(H,21,22)(H,16,19,23). The second-order valence-electron chi connectivity index (χ2n) is 4.60. The number of amides is 2. The number of carbonyl (C=O) groups excluding carboxylic acids is 2. The van der Waals surface area contributed by atoms with E-state index in [0.29, 0.717) is 0 Å². The SMILES string of the molecule is C=CCN1C(=O)C(=Cc2ccc(O)c(C(=O)O)c2)C(=O)NC1=S. The molecule has 1 aliphatic rings. The second-order valence-corrected chi connectivity index (χ2v) is 4.99. The minimum absolute atomic E-state index is 0.0195. The minimum atomic E-state index is -1.32. The molecule has 1 aromatic rings. The van der Waals surface area contributed by atoms with Crippen molar-refractivity contribution in [1.29, 1.82) is 0 Å². The molecule has 1 aliphatic heterocycles. The molecule has 2 amide bonds. The molecule has 1 saturated heterocycles. The quantitative estimate of drug-likeness (QED) is 0.327. The Balaban J connectivity index is 2.44. The molecule has 1 aromatic carbocycles. The fourth-order valence-electron chi connectivity index (χ4n) is 1.97. The van der Waals surface area contributed by atoms with Crippen LogP contribution in [0.3, 0.4) is 0 Å². The van der Waals surface area contributed by atoms with E-state index in [2.05, 4.69) is 11.9 Å². The Morgan fingerprint density at radius 1 is 1.39 bits per heavy atom. The van der Waals surface area contributed by atoms with E-state index in [1.807, 2.05) is 0 Å². The van der Waals surface area contributed by atoms with Crippen molar-refractivity contribution < 1.29 is 24.6 Å². The van der Waals surface area contributed by atoms with E-state index in [-0.39, 0.29) is 28.4 Å². The molecule has 23 heavy (non-hydrogen) atoms. The van der Waals surface area contributed by atoms with Gasteiger partial charge < -0.3 is 10.2 Å². The summed E-state index contributed by atoms with van der Waals surface area (Å²) in [6.45, 7) is 3.64. The van der Waals surface area contributed by atoms with E-state index in [9.17, 15) is 19.5 Å². The lowest BCUT2D eigenvalue weighted by Gasteiger charge is -2.27. The number of nitrogens with zero attached hydrogens (tertiary/aromatic N) is 1. The summed E-state index contributed by atoms with van der Waals surface area (Å²) in [7, 11) is 0. The number of aromatic carboxylic acids is 1. The zero-order valence-corrected chi connectivity index (χ0v) is 12.6. The first-order valence-electron chi connectivity index (χ1n) is 6.41. The first-order chi connectivity index (χ1) is 10.8. The number of nitrogens with one attached hydrogen (secondary N) is 1. The van der Waals surface area contributed by atoms with Gasteiger partial charge in [0.2, 0.25) is 0 Å². The van der Waals surface area contributed by atoms with E-state index in [1.54, 1.807) is 0 Å². The van der Waals surface area contributed by atoms with Crippen LogP contribution in [0.25, 0.3) is 6.08 Å². The summed E-state index contributed by atoms with van der Waals surface area (Å²) in [5.74, 6) is -3.01. The van der Waals surface area contributed by atoms with Gasteiger partial charge in [-0.25, -0.2) is 4.79 Å². The Morgan fingerprint density at radius 2 is 2.09 bits per heavy atom. The van der Waals surface area contributed by atoms with Crippen molar-refractivity contribution in [1.82, 2.24) is 10.2 Å². The number of thiocarbonyl (C=S) groups is 1. The van der Waals surface area contributed by atoms with Crippen LogP contribution < -0.4 is 5.32 Å². The molecule has 7 nitrogen and oxygen atoms in total. The molecule has 0 atom stereocenters. The van der Waals surface area contributed by atoms with Gasteiger partial charge in [-0.15, -0.1) is 6.58 Å². The van der Waals surface area contributed by atoms with Gasteiger partial charge in [0.25, 0.3) is 11.8 Å². The Kier molecular flexibility index (Phi) is 4.56. The second kappa shape index (κ2) is 6.41. The van der Waals surface area contributed by atoms with Gasteiger partial charge >= 0.3 is 5.97 Å². The maximum atomic E-state index is 12.3. The van der Waals surface area contributed by atoms with Crippen LogP contribution in [0.1, 0.15) is 15.9 Å². The predicted octanol–water partition coefficient (Wildman–Crippen LogP) is 0.903. The van der Waals surface area contributed by atoms with Gasteiger partial charge in [-0.1, -0.05) is 12.1 Å². The molecule has 0 bridgehead atoms. The molecule has 0 radical (unpaired) electrons. The number of hydrogen-bond donors (Lipinski definition) is 3. The summed E-state index contributed by atoms with van der Waals surface area (Å²) < 4.78 is 0. The number of carboxylic acids is 1. The van der Waals surface area contributed by atoms with E-state index in [0.717, 1.165) is 11.0 Å². The van der Waals surface area contributed by atoms with Gasteiger partial charge in [-0.3, -0.25) is 19.8 Å². The highest BCUT2D eigenvalue weighted by atomic mass is 32.1. The fourth-order valence-corrected chi connectivity index (χ4v) is 2.22. The highest BCUT2D eigenvalue weighted by molar-refractivity contribution is 7.80. The summed E-state index contributed by atoms with van der Waals surface area (Å²) in [4.78, 5) is 36.4. The Morgan fingerprint density at radius 3 is 2.70 bits per heavy atom. The number of aromatic hydroxyl groups is 1. The van der Waals surface area contributed by atoms with Gasteiger partial charge in [0, 0.05) is 6.54 Å². The van der Waals surface area contributed by atoms with Crippen molar-refractivity contribution >= 4 is 41.2 Å². The van der Waals surface area contributed by atoms with Crippen molar-refractivity contribution in [3.63, 3.8) is 0 Å². The van der Waals surface area contributed by atoms with E-state index >= 15 is 0 Å². The maximum absolute atomic E-state index is 12.3. The van der Waals surface area contributed by atoms with E-state index in [1.165, 1.54) is 24.3 Å². The van der Waals surface area contributed by atoms with Gasteiger partial charge in [0.15, 0.2) is 5.11 Å². The molecule has 0 spiro atoms. The van der Waals surface area contributed by atoms with E-state index in [4.69, 9.17) is 17.3 Å². The average Bonchev–Trinajstić information content (AvgIpc) is 2.49. The lowest BCUT2D eigenvalue weighted by Crippen LogP contribution is -2.53. The van der Waals surface area contributed by atoms with Gasteiger partial charge in [-0.2, -0.15) is 0 Å². The minimum Gasteiger partial charge on any atom is -0.507 e. The van der Waals surface area contributed by atoms with Crippen LogP contribution in [-0.4, -0.2) is 44.6 Å². The van der Waals surface area contributed by atoms with Crippen LogP contribution in [-0.2, 0) is 9.59 Å². The smallest absolute Gasteiger partial charge is 0.339 e. The Labute approximate surface area is 136 Å². The molecule has 1 heterocycles. The lowest BCUT2D eigenvalue weighted by molar-refractivity contribution is -0.128. The van der Waals surface area contributed by atoms with Crippen LogP contribution in [0.15, 0.2) is 36.4 Å². The number of phenols is 1. The van der Waals surface area contributed by atoms with Crippen LogP contribution in [0.2, 0.25) is 0 Å². The molecule has 3 N–H and O–H groups in total. The van der Waals surface area contributed by atoms with Crippen molar-refractivity contribution in [2.24, 2.45) is 0 Å². The third-order valence-corrected chi connectivity index (χ3v) is 3.38. The topological polar surface area (TPSA) is 107 Å².